The van der Waals surface area contributed by atoms with Crippen LogP contribution in [0.15, 0.2) is 35.6 Å². The molecule has 120 valence electrons. The van der Waals surface area contributed by atoms with Gasteiger partial charge in [-0.15, -0.1) is 0 Å². The third-order valence-corrected chi connectivity index (χ3v) is 4.31. The molecule has 2 aliphatic rings. The monoisotopic (exact) mass is 311 g/mol. The quantitative estimate of drug-likeness (QED) is 0.803. The molecule has 4 heteroatoms. The molecule has 0 heterocycles. The lowest BCUT2D eigenvalue weighted by Gasteiger charge is -2.18. The molecule has 4 nitrogen and oxygen atoms in total. The van der Waals surface area contributed by atoms with Crippen molar-refractivity contribution in [3.8, 4) is 5.75 Å². The second-order valence-corrected chi connectivity index (χ2v) is 6.15. The molecule has 0 amide bonds. The molecule has 0 N–H and O–H groups in total. The highest BCUT2D eigenvalue weighted by molar-refractivity contribution is 6.15. The molecule has 0 saturated heterocycles. The summed E-state index contributed by atoms with van der Waals surface area (Å²) in [6, 6.07) is 4.28. The van der Waals surface area contributed by atoms with Crippen LogP contribution in [0.5, 0.6) is 5.75 Å². The van der Waals surface area contributed by atoms with Gasteiger partial charge in [0.05, 0.1) is 20.3 Å². The minimum absolute atomic E-state index is 0.885. The molecule has 0 unspecified atom stereocenters. The van der Waals surface area contributed by atoms with Gasteiger partial charge in [0.2, 0.25) is 5.71 Å². The van der Waals surface area contributed by atoms with Crippen molar-refractivity contribution in [2.75, 3.05) is 47.3 Å². The van der Waals surface area contributed by atoms with Crippen molar-refractivity contribution in [3.63, 3.8) is 0 Å². The number of ether oxygens (including phenoxy) is 2. The van der Waals surface area contributed by atoms with E-state index < -0.39 is 0 Å². The lowest BCUT2D eigenvalue weighted by atomic mass is 9.95. The van der Waals surface area contributed by atoms with Crippen LogP contribution in [0.25, 0.3) is 11.6 Å². The van der Waals surface area contributed by atoms with E-state index in [1.165, 1.54) is 11.1 Å². The van der Waals surface area contributed by atoms with Gasteiger partial charge < -0.3 is 14.4 Å². The number of methoxy groups -OCH3 is 2. The molecule has 0 spiro atoms. The first-order chi connectivity index (χ1) is 11.0. The van der Waals surface area contributed by atoms with Crippen molar-refractivity contribution in [1.82, 2.24) is 0 Å². The predicted octanol–water partition coefficient (Wildman–Crippen LogP) is 2.80. The highest BCUT2D eigenvalue weighted by Gasteiger charge is 2.30. The van der Waals surface area contributed by atoms with Crippen molar-refractivity contribution in [3.05, 3.63) is 46.7 Å². The van der Waals surface area contributed by atoms with E-state index in [9.17, 15) is 0 Å². The minimum atomic E-state index is 0.885. The largest absolute Gasteiger partial charge is 0.496 e. The topological polar surface area (TPSA) is 24.7 Å². The maximum atomic E-state index is 5.62. The fraction of sp³-hybridized carbons (Fsp3) is 0.316. The zero-order valence-corrected chi connectivity index (χ0v) is 14.6. The molecule has 0 bridgehead atoms. The predicted molar refractivity (Wildman–Crippen MR) is 95.5 cm³/mol. The molecule has 1 aromatic carbocycles. The van der Waals surface area contributed by atoms with Crippen LogP contribution in [-0.4, -0.2) is 52.7 Å². The molecule has 0 radical (unpaired) electrons. The summed E-state index contributed by atoms with van der Waals surface area (Å²) >= 11 is 0. The van der Waals surface area contributed by atoms with E-state index >= 15 is 0 Å². The zero-order valence-electron chi connectivity index (χ0n) is 14.6. The van der Waals surface area contributed by atoms with Gasteiger partial charge in [-0.1, -0.05) is 0 Å². The molecule has 1 aromatic rings. The van der Waals surface area contributed by atoms with E-state index in [2.05, 4.69) is 39.8 Å². The summed E-state index contributed by atoms with van der Waals surface area (Å²) in [5.41, 5.74) is 6.84. The Hall–Kier alpha value is -2.49. The van der Waals surface area contributed by atoms with Crippen molar-refractivity contribution in [1.29, 1.82) is 0 Å². The van der Waals surface area contributed by atoms with Crippen LogP contribution < -0.4 is 9.64 Å². The molecule has 0 aromatic heterocycles. The standard InChI is InChI=1S/C19H23N2O2/c1-20(2)12-7-14-15-8-13(21(3)4)10-19(23-6)17(15)11-16(14)18(9-12)22-5/h7-11H,1-6H3/q+1. The minimum Gasteiger partial charge on any atom is -0.496 e. The zero-order chi connectivity index (χ0) is 16.7. The molecule has 0 aliphatic heterocycles. The maximum absolute atomic E-state index is 5.62. The molecule has 0 fully saturated rings. The normalized spacial score (nSPS) is 15.2. The number of benzene rings is 1. The Labute approximate surface area is 137 Å². The van der Waals surface area contributed by atoms with Crippen LogP contribution in [0.4, 0.5) is 5.69 Å². The summed E-state index contributed by atoms with van der Waals surface area (Å²) in [5, 5.41) is 0. The molecule has 23 heavy (non-hydrogen) atoms. The van der Waals surface area contributed by atoms with Gasteiger partial charge in [0.15, 0.2) is 0 Å². The molecule has 3 rings (SSSR count). The molecule has 0 saturated carbocycles. The van der Waals surface area contributed by atoms with Gasteiger partial charge >= 0.3 is 0 Å². The maximum Gasteiger partial charge on any atom is 0.203 e. The Bertz CT molecular complexity index is 792. The summed E-state index contributed by atoms with van der Waals surface area (Å²) in [6.07, 6.45) is 6.43. The Morgan fingerprint density at radius 3 is 2.22 bits per heavy atom. The summed E-state index contributed by atoms with van der Waals surface area (Å²) in [6.45, 7) is 0. The van der Waals surface area contributed by atoms with Crippen LogP contribution in [-0.2, 0) is 4.74 Å². The van der Waals surface area contributed by atoms with E-state index in [0.717, 1.165) is 34.0 Å². The Kier molecular flexibility index (Phi) is 3.76. The Morgan fingerprint density at radius 2 is 1.65 bits per heavy atom. The van der Waals surface area contributed by atoms with E-state index in [-0.39, 0.29) is 0 Å². The van der Waals surface area contributed by atoms with Crippen LogP contribution in [0.1, 0.15) is 11.1 Å². The van der Waals surface area contributed by atoms with E-state index in [1.807, 2.05) is 28.2 Å². The number of hydrogen-bond donors (Lipinski definition) is 0. The number of rotatable bonds is 3. The van der Waals surface area contributed by atoms with Gasteiger partial charge in [-0.3, -0.25) is 0 Å². The first-order valence-electron chi connectivity index (χ1n) is 7.60. The smallest absolute Gasteiger partial charge is 0.203 e. The molecule has 0 atom stereocenters. The van der Waals surface area contributed by atoms with Crippen LogP contribution in [0.2, 0.25) is 0 Å². The van der Waals surface area contributed by atoms with Gasteiger partial charge in [-0.2, -0.15) is 0 Å². The van der Waals surface area contributed by atoms with E-state index in [0.29, 0.717) is 0 Å². The van der Waals surface area contributed by atoms with E-state index in [4.69, 9.17) is 9.47 Å². The van der Waals surface area contributed by atoms with Gasteiger partial charge in [0.1, 0.15) is 25.6 Å². The average molecular weight is 311 g/mol. The number of allylic oxidation sites excluding steroid dienone is 3. The summed E-state index contributed by atoms with van der Waals surface area (Å²) in [7, 11) is 11.6. The molecular weight excluding hydrogens is 288 g/mol. The third-order valence-electron chi connectivity index (χ3n) is 4.31. The summed E-state index contributed by atoms with van der Waals surface area (Å²) in [5.74, 6) is 1.77. The second-order valence-electron chi connectivity index (χ2n) is 6.15. The van der Waals surface area contributed by atoms with Crippen LogP contribution >= 0.6 is 0 Å². The molecule has 2 aliphatic carbocycles. The lowest BCUT2D eigenvalue weighted by molar-refractivity contribution is -0.462. The lowest BCUT2D eigenvalue weighted by Crippen LogP contribution is -2.14. The summed E-state index contributed by atoms with van der Waals surface area (Å²) in [4.78, 5) is 2.09. The third kappa shape index (κ3) is 2.44. The van der Waals surface area contributed by atoms with Crippen molar-refractivity contribution in [2.45, 2.75) is 0 Å². The fourth-order valence-electron chi connectivity index (χ4n) is 2.97. The van der Waals surface area contributed by atoms with Gasteiger partial charge in [0, 0.05) is 43.1 Å². The van der Waals surface area contributed by atoms with Gasteiger partial charge in [-0.25, -0.2) is 4.58 Å². The van der Waals surface area contributed by atoms with Crippen molar-refractivity contribution in [2.24, 2.45) is 0 Å². The Balaban J connectivity index is 2.26. The average Bonchev–Trinajstić information content (AvgIpc) is 2.91. The number of hydrogen-bond acceptors (Lipinski definition) is 3. The number of fused-ring (bicyclic) bond motifs is 3. The van der Waals surface area contributed by atoms with E-state index in [1.54, 1.807) is 14.2 Å². The first-order valence-corrected chi connectivity index (χ1v) is 7.60. The highest BCUT2D eigenvalue weighted by Crippen LogP contribution is 2.46. The van der Waals surface area contributed by atoms with Crippen molar-refractivity contribution < 1.29 is 14.0 Å². The number of nitrogens with zero attached hydrogens (tertiary/aromatic N) is 2. The van der Waals surface area contributed by atoms with Gasteiger partial charge in [-0.05, 0) is 23.3 Å². The first kappa shape index (κ1) is 15.4. The second kappa shape index (κ2) is 5.61. The van der Waals surface area contributed by atoms with Crippen LogP contribution in [0.3, 0.4) is 0 Å². The van der Waals surface area contributed by atoms with Crippen molar-refractivity contribution >= 4 is 23.0 Å². The number of anilines is 1. The SMILES string of the molecule is COC1=CC(=[N+](C)C)C=C2C1=Cc1c(OC)cc(N(C)C)cc12. The Morgan fingerprint density at radius 1 is 0.913 bits per heavy atom. The van der Waals surface area contributed by atoms with Crippen LogP contribution in [0, 0.1) is 0 Å². The summed E-state index contributed by atoms with van der Waals surface area (Å²) < 4.78 is 13.3. The van der Waals surface area contributed by atoms with Gasteiger partial charge in [0.25, 0.3) is 0 Å². The fourth-order valence-corrected chi connectivity index (χ4v) is 2.97. The highest BCUT2D eigenvalue weighted by atomic mass is 16.5. The molecular formula is C19H23N2O2+.